The molecule has 15 heavy (non-hydrogen) atoms. The molecule has 1 aliphatic carbocycles. The van der Waals surface area contributed by atoms with Crippen LogP contribution in [0.3, 0.4) is 0 Å². The minimum atomic E-state index is -3.46. The van der Waals surface area contributed by atoms with E-state index in [9.17, 15) is 13.2 Å². The molecule has 1 rings (SSSR count). The molecule has 0 heterocycles. The molecule has 0 bridgehead atoms. The maximum Gasteiger partial charge on any atom is 0.322 e. The Bertz CT molecular complexity index is 345. The number of carboxylic acids is 1. The Labute approximate surface area is 89.2 Å². The zero-order valence-corrected chi connectivity index (χ0v) is 9.16. The second kappa shape index (κ2) is 4.76. The van der Waals surface area contributed by atoms with Gasteiger partial charge in [0.1, 0.15) is 6.04 Å². The molecule has 86 valence electrons. The highest BCUT2D eigenvalue weighted by molar-refractivity contribution is 7.89. The van der Waals surface area contributed by atoms with Gasteiger partial charge in [0, 0.05) is 0 Å². The standard InChI is InChI=1S/C9H15NO4S/c1-2-3-8(9(11)12)10-15(13,14)6-7-4-5-7/h2,7-8,10H,1,3-6H2,(H,11,12). The average molecular weight is 233 g/mol. The topological polar surface area (TPSA) is 83.5 Å². The third-order valence-electron chi connectivity index (χ3n) is 2.17. The van der Waals surface area contributed by atoms with E-state index in [0.717, 1.165) is 12.8 Å². The first-order chi connectivity index (χ1) is 6.94. The van der Waals surface area contributed by atoms with Crippen molar-refractivity contribution in [3.63, 3.8) is 0 Å². The van der Waals surface area contributed by atoms with E-state index < -0.39 is 22.0 Å². The van der Waals surface area contributed by atoms with Gasteiger partial charge in [0.15, 0.2) is 0 Å². The molecule has 1 saturated carbocycles. The molecular formula is C9H15NO4S. The first-order valence-corrected chi connectivity index (χ1v) is 6.43. The van der Waals surface area contributed by atoms with Crippen molar-refractivity contribution in [1.82, 2.24) is 4.72 Å². The Balaban J connectivity index is 2.54. The number of hydrogen-bond donors (Lipinski definition) is 2. The normalized spacial score (nSPS) is 18.4. The van der Waals surface area contributed by atoms with Crippen LogP contribution in [0.5, 0.6) is 0 Å². The van der Waals surface area contributed by atoms with E-state index in [2.05, 4.69) is 11.3 Å². The summed E-state index contributed by atoms with van der Waals surface area (Å²) >= 11 is 0. The van der Waals surface area contributed by atoms with Crippen LogP contribution < -0.4 is 4.72 Å². The van der Waals surface area contributed by atoms with Crippen LogP contribution in [0.2, 0.25) is 0 Å². The molecular weight excluding hydrogens is 218 g/mol. The highest BCUT2D eigenvalue weighted by Gasteiger charge is 2.30. The molecule has 0 amide bonds. The van der Waals surface area contributed by atoms with E-state index in [1.165, 1.54) is 6.08 Å². The predicted molar refractivity (Wildman–Crippen MR) is 55.9 cm³/mol. The van der Waals surface area contributed by atoms with Gasteiger partial charge < -0.3 is 5.11 Å². The molecule has 1 atom stereocenters. The van der Waals surface area contributed by atoms with Crippen LogP contribution >= 0.6 is 0 Å². The molecule has 0 aromatic carbocycles. The monoisotopic (exact) mass is 233 g/mol. The van der Waals surface area contributed by atoms with Crippen LogP contribution in [0, 0.1) is 5.92 Å². The highest BCUT2D eigenvalue weighted by atomic mass is 32.2. The van der Waals surface area contributed by atoms with Crippen molar-refractivity contribution < 1.29 is 18.3 Å². The van der Waals surface area contributed by atoms with Gasteiger partial charge in [-0.05, 0) is 25.2 Å². The smallest absolute Gasteiger partial charge is 0.322 e. The lowest BCUT2D eigenvalue weighted by atomic mass is 10.2. The molecule has 0 spiro atoms. The maximum atomic E-state index is 11.5. The second-order valence-electron chi connectivity index (χ2n) is 3.76. The largest absolute Gasteiger partial charge is 0.480 e. The van der Waals surface area contributed by atoms with Gasteiger partial charge in [-0.15, -0.1) is 6.58 Å². The van der Waals surface area contributed by atoms with Gasteiger partial charge in [0.05, 0.1) is 5.75 Å². The fourth-order valence-electron chi connectivity index (χ4n) is 1.23. The third-order valence-corrected chi connectivity index (χ3v) is 3.73. The summed E-state index contributed by atoms with van der Waals surface area (Å²) in [4.78, 5) is 10.7. The van der Waals surface area contributed by atoms with E-state index >= 15 is 0 Å². The van der Waals surface area contributed by atoms with Gasteiger partial charge in [-0.3, -0.25) is 4.79 Å². The van der Waals surface area contributed by atoms with Crippen LogP contribution in [-0.4, -0.2) is 31.3 Å². The highest BCUT2D eigenvalue weighted by Crippen LogP contribution is 2.30. The molecule has 0 aromatic heterocycles. The number of hydrogen-bond acceptors (Lipinski definition) is 3. The molecule has 5 nitrogen and oxygen atoms in total. The summed E-state index contributed by atoms with van der Waals surface area (Å²) in [5.41, 5.74) is 0. The Morgan fingerprint density at radius 2 is 2.20 bits per heavy atom. The quantitative estimate of drug-likeness (QED) is 0.621. The Morgan fingerprint density at radius 3 is 2.60 bits per heavy atom. The van der Waals surface area contributed by atoms with Gasteiger partial charge in [0.25, 0.3) is 0 Å². The molecule has 1 fully saturated rings. The minimum Gasteiger partial charge on any atom is -0.480 e. The fraction of sp³-hybridized carbons (Fsp3) is 0.667. The van der Waals surface area contributed by atoms with Crippen molar-refractivity contribution >= 4 is 16.0 Å². The molecule has 0 radical (unpaired) electrons. The molecule has 0 aromatic rings. The van der Waals surface area contributed by atoms with Crippen LogP contribution in [0.1, 0.15) is 19.3 Å². The van der Waals surface area contributed by atoms with Crippen molar-refractivity contribution in [3.05, 3.63) is 12.7 Å². The fourth-order valence-corrected chi connectivity index (χ4v) is 2.91. The van der Waals surface area contributed by atoms with Crippen molar-refractivity contribution in [2.45, 2.75) is 25.3 Å². The van der Waals surface area contributed by atoms with Crippen molar-refractivity contribution in [2.75, 3.05) is 5.75 Å². The second-order valence-corrected chi connectivity index (χ2v) is 5.56. The first-order valence-electron chi connectivity index (χ1n) is 4.78. The lowest BCUT2D eigenvalue weighted by Crippen LogP contribution is -2.41. The van der Waals surface area contributed by atoms with Gasteiger partial charge >= 0.3 is 5.97 Å². The Kier molecular flexibility index (Phi) is 3.87. The molecule has 1 unspecified atom stereocenters. The van der Waals surface area contributed by atoms with E-state index in [0.29, 0.717) is 0 Å². The zero-order valence-electron chi connectivity index (χ0n) is 8.35. The average Bonchev–Trinajstić information content (AvgIpc) is 2.86. The summed E-state index contributed by atoms with van der Waals surface area (Å²) in [5, 5.41) is 8.74. The SMILES string of the molecule is C=CCC(NS(=O)(=O)CC1CC1)C(=O)O. The van der Waals surface area contributed by atoms with E-state index in [1.807, 2.05) is 0 Å². The maximum absolute atomic E-state index is 11.5. The van der Waals surface area contributed by atoms with Crippen molar-refractivity contribution in [3.8, 4) is 0 Å². The summed E-state index contributed by atoms with van der Waals surface area (Å²) < 4.78 is 25.1. The number of nitrogens with one attached hydrogen (secondary N) is 1. The summed E-state index contributed by atoms with van der Waals surface area (Å²) in [6.45, 7) is 3.39. The number of sulfonamides is 1. The number of rotatable bonds is 7. The zero-order chi connectivity index (χ0) is 11.5. The van der Waals surface area contributed by atoms with Crippen LogP contribution in [0.4, 0.5) is 0 Å². The molecule has 0 aliphatic heterocycles. The lowest BCUT2D eigenvalue weighted by molar-refractivity contribution is -0.138. The Morgan fingerprint density at radius 1 is 1.60 bits per heavy atom. The van der Waals surface area contributed by atoms with Gasteiger partial charge in [-0.25, -0.2) is 13.1 Å². The van der Waals surface area contributed by atoms with E-state index in [1.54, 1.807) is 0 Å². The summed E-state index contributed by atoms with van der Waals surface area (Å²) in [6, 6.07) is -1.09. The molecule has 6 heteroatoms. The number of carboxylic acid groups (broad SMARTS) is 1. The molecule has 1 aliphatic rings. The van der Waals surface area contributed by atoms with Crippen LogP contribution in [0.15, 0.2) is 12.7 Å². The van der Waals surface area contributed by atoms with Crippen LogP contribution in [-0.2, 0) is 14.8 Å². The lowest BCUT2D eigenvalue weighted by Gasteiger charge is -2.12. The predicted octanol–water partition coefficient (Wildman–Crippen LogP) is 0.345. The summed E-state index contributed by atoms with van der Waals surface area (Å²) in [6.07, 6.45) is 3.32. The third kappa shape index (κ3) is 4.44. The summed E-state index contributed by atoms with van der Waals surface area (Å²) in [7, 11) is -3.46. The number of aliphatic carboxylic acids is 1. The summed E-state index contributed by atoms with van der Waals surface area (Å²) in [5.74, 6) is -0.927. The van der Waals surface area contributed by atoms with Crippen LogP contribution in [0.25, 0.3) is 0 Å². The number of carbonyl (C=O) groups is 1. The van der Waals surface area contributed by atoms with E-state index in [-0.39, 0.29) is 18.1 Å². The van der Waals surface area contributed by atoms with E-state index in [4.69, 9.17) is 5.11 Å². The van der Waals surface area contributed by atoms with Gasteiger partial charge in [-0.1, -0.05) is 6.08 Å². The molecule has 2 N–H and O–H groups in total. The van der Waals surface area contributed by atoms with Crippen molar-refractivity contribution in [2.24, 2.45) is 5.92 Å². The van der Waals surface area contributed by atoms with Gasteiger partial charge in [-0.2, -0.15) is 0 Å². The van der Waals surface area contributed by atoms with Crippen molar-refractivity contribution in [1.29, 1.82) is 0 Å². The molecule has 0 saturated heterocycles. The Hall–Kier alpha value is -0.880. The van der Waals surface area contributed by atoms with Gasteiger partial charge in [0.2, 0.25) is 10.0 Å². The first kappa shape index (κ1) is 12.2. The minimum absolute atomic E-state index is 0.0356.